The van der Waals surface area contributed by atoms with Crippen molar-refractivity contribution in [3.8, 4) is 0 Å². The number of carboxylic acids is 1. The van der Waals surface area contributed by atoms with Crippen LogP contribution in [0, 0.1) is 0 Å². The SMILES string of the molecule is CCC(C(=O)O)c1nc2ccccc2s1. The number of thiazole rings is 1. The summed E-state index contributed by atoms with van der Waals surface area (Å²) >= 11 is 1.47. The number of para-hydroxylation sites is 1. The molecular weight excluding hydrogens is 210 g/mol. The molecule has 0 spiro atoms. The van der Waals surface area contributed by atoms with E-state index in [9.17, 15) is 4.79 Å². The summed E-state index contributed by atoms with van der Waals surface area (Å²) in [5, 5.41) is 9.72. The first-order valence-electron chi connectivity index (χ1n) is 4.80. The highest BCUT2D eigenvalue weighted by atomic mass is 32.1. The number of aromatic nitrogens is 1. The first-order chi connectivity index (χ1) is 7.22. The van der Waals surface area contributed by atoms with Gasteiger partial charge in [0.1, 0.15) is 10.9 Å². The number of fused-ring (bicyclic) bond motifs is 1. The van der Waals surface area contributed by atoms with Crippen molar-refractivity contribution >= 4 is 27.5 Å². The number of carbonyl (C=O) groups is 1. The van der Waals surface area contributed by atoms with Gasteiger partial charge in [0.05, 0.1) is 10.2 Å². The molecule has 1 aromatic carbocycles. The molecule has 1 N–H and O–H groups in total. The maximum Gasteiger partial charge on any atom is 0.313 e. The van der Waals surface area contributed by atoms with Crippen molar-refractivity contribution in [3.05, 3.63) is 29.3 Å². The Morgan fingerprint density at radius 1 is 1.53 bits per heavy atom. The fraction of sp³-hybridized carbons (Fsp3) is 0.273. The van der Waals surface area contributed by atoms with Crippen molar-refractivity contribution < 1.29 is 9.90 Å². The second-order valence-electron chi connectivity index (χ2n) is 3.32. The van der Waals surface area contributed by atoms with Gasteiger partial charge in [-0.05, 0) is 18.6 Å². The highest BCUT2D eigenvalue weighted by molar-refractivity contribution is 7.18. The molecule has 1 unspecified atom stereocenters. The van der Waals surface area contributed by atoms with Crippen LogP contribution in [-0.4, -0.2) is 16.1 Å². The molecule has 2 aromatic rings. The summed E-state index contributed by atoms with van der Waals surface area (Å²) in [4.78, 5) is 15.3. The average molecular weight is 221 g/mol. The Bertz CT molecular complexity index is 459. The fourth-order valence-corrected chi connectivity index (χ4v) is 2.64. The number of nitrogens with zero attached hydrogens (tertiary/aromatic N) is 1. The van der Waals surface area contributed by atoms with Gasteiger partial charge in [0.2, 0.25) is 0 Å². The first-order valence-corrected chi connectivity index (χ1v) is 5.62. The van der Waals surface area contributed by atoms with Crippen LogP contribution >= 0.6 is 11.3 Å². The number of hydrogen-bond acceptors (Lipinski definition) is 3. The third-order valence-electron chi connectivity index (χ3n) is 2.31. The summed E-state index contributed by atoms with van der Waals surface area (Å²) in [7, 11) is 0. The molecule has 4 heteroatoms. The lowest BCUT2D eigenvalue weighted by molar-refractivity contribution is -0.138. The van der Waals surface area contributed by atoms with Crippen LogP contribution in [0.4, 0.5) is 0 Å². The summed E-state index contributed by atoms with van der Waals surface area (Å²) in [6.45, 7) is 1.87. The predicted molar refractivity (Wildman–Crippen MR) is 60.3 cm³/mol. The molecule has 0 radical (unpaired) electrons. The van der Waals surface area contributed by atoms with Crippen molar-refractivity contribution in [1.29, 1.82) is 0 Å². The number of carboxylic acid groups (broad SMARTS) is 1. The summed E-state index contributed by atoms with van der Waals surface area (Å²) in [6.07, 6.45) is 0.579. The quantitative estimate of drug-likeness (QED) is 0.867. The molecule has 0 aliphatic rings. The fourth-order valence-electron chi connectivity index (χ4n) is 1.49. The molecule has 0 bridgehead atoms. The van der Waals surface area contributed by atoms with Gasteiger partial charge in [0, 0.05) is 0 Å². The molecule has 1 heterocycles. The van der Waals surface area contributed by atoms with E-state index >= 15 is 0 Å². The predicted octanol–water partition coefficient (Wildman–Crippen LogP) is 2.87. The van der Waals surface area contributed by atoms with Crippen LogP contribution in [0.2, 0.25) is 0 Å². The third-order valence-corrected chi connectivity index (χ3v) is 3.46. The highest BCUT2D eigenvalue weighted by Crippen LogP contribution is 2.29. The lowest BCUT2D eigenvalue weighted by atomic mass is 10.1. The van der Waals surface area contributed by atoms with Gasteiger partial charge >= 0.3 is 5.97 Å². The monoisotopic (exact) mass is 221 g/mol. The van der Waals surface area contributed by atoms with E-state index in [0.29, 0.717) is 11.4 Å². The standard InChI is InChI=1S/C11H11NO2S/c1-2-7(11(13)14)10-12-8-5-3-4-6-9(8)15-10/h3-7H,2H2,1H3,(H,13,14). The molecule has 3 nitrogen and oxygen atoms in total. The minimum Gasteiger partial charge on any atom is -0.481 e. The molecule has 0 fully saturated rings. The molecule has 78 valence electrons. The van der Waals surface area contributed by atoms with E-state index in [1.54, 1.807) is 0 Å². The third kappa shape index (κ3) is 1.85. The number of hydrogen-bond donors (Lipinski definition) is 1. The van der Waals surface area contributed by atoms with E-state index in [0.717, 1.165) is 10.2 Å². The van der Waals surface area contributed by atoms with Gasteiger partial charge in [0.15, 0.2) is 0 Å². The summed E-state index contributed by atoms with van der Waals surface area (Å²) in [5.74, 6) is -1.26. The van der Waals surface area contributed by atoms with Gasteiger partial charge in [-0.15, -0.1) is 11.3 Å². The Morgan fingerprint density at radius 3 is 2.87 bits per heavy atom. The van der Waals surface area contributed by atoms with Crippen molar-refractivity contribution in [3.63, 3.8) is 0 Å². The zero-order valence-corrected chi connectivity index (χ0v) is 9.12. The lowest BCUT2D eigenvalue weighted by Crippen LogP contribution is -2.09. The normalized spacial score (nSPS) is 12.9. The van der Waals surface area contributed by atoms with Gasteiger partial charge in [-0.25, -0.2) is 4.98 Å². The molecule has 2 rings (SSSR count). The van der Waals surface area contributed by atoms with E-state index in [-0.39, 0.29) is 0 Å². The second-order valence-corrected chi connectivity index (χ2v) is 4.38. The van der Waals surface area contributed by atoms with Gasteiger partial charge in [-0.1, -0.05) is 19.1 Å². The smallest absolute Gasteiger partial charge is 0.313 e. The minimum atomic E-state index is -0.795. The number of benzene rings is 1. The molecule has 0 aliphatic heterocycles. The number of rotatable bonds is 3. The molecule has 0 saturated carbocycles. The Labute approximate surface area is 91.4 Å². The molecule has 1 atom stereocenters. The maximum atomic E-state index is 11.0. The van der Waals surface area contributed by atoms with Gasteiger partial charge in [0.25, 0.3) is 0 Å². The van der Waals surface area contributed by atoms with Crippen LogP contribution in [0.15, 0.2) is 24.3 Å². The van der Waals surface area contributed by atoms with Crippen LogP contribution in [-0.2, 0) is 4.79 Å². The molecule has 0 saturated heterocycles. The largest absolute Gasteiger partial charge is 0.481 e. The van der Waals surface area contributed by atoms with E-state index in [4.69, 9.17) is 5.11 Å². The van der Waals surface area contributed by atoms with Gasteiger partial charge < -0.3 is 5.11 Å². The lowest BCUT2D eigenvalue weighted by Gasteiger charge is -2.03. The van der Waals surface area contributed by atoms with Crippen molar-refractivity contribution in [2.75, 3.05) is 0 Å². The topological polar surface area (TPSA) is 50.2 Å². The van der Waals surface area contributed by atoms with E-state index < -0.39 is 11.9 Å². The van der Waals surface area contributed by atoms with Crippen LogP contribution in [0.1, 0.15) is 24.3 Å². The van der Waals surface area contributed by atoms with Gasteiger partial charge in [-0.3, -0.25) is 4.79 Å². The zero-order valence-electron chi connectivity index (χ0n) is 8.30. The summed E-state index contributed by atoms with van der Waals surface area (Å²) < 4.78 is 1.05. The van der Waals surface area contributed by atoms with Crippen molar-refractivity contribution in [2.45, 2.75) is 19.3 Å². The molecule has 15 heavy (non-hydrogen) atoms. The second kappa shape index (κ2) is 3.98. The van der Waals surface area contributed by atoms with Crippen molar-refractivity contribution in [1.82, 2.24) is 4.98 Å². The molecular formula is C11H11NO2S. The van der Waals surface area contributed by atoms with E-state index in [1.807, 2.05) is 31.2 Å². The molecule has 0 aliphatic carbocycles. The Balaban J connectivity index is 2.47. The Kier molecular flexibility index (Phi) is 2.68. The van der Waals surface area contributed by atoms with Gasteiger partial charge in [-0.2, -0.15) is 0 Å². The average Bonchev–Trinajstić information content (AvgIpc) is 2.61. The summed E-state index contributed by atoms with van der Waals surface area (Å²) in [5.41, 5.74) is 0.886. The molecule has 0 amide bonds. The molecule has 1 aromatic heterocycles. The van der Waals surface area contributed by atoms with Crippen LogP contribution in [0.3, 0.4) is 0 Å². The summed E-state index contributed by atoms with van der Waals surface area (Å²) in [6, 6.07) is 7.72. The van der Waals surface area contributed by atoms with Crippen LogP contribution < -0.4 is 0 Å². The maximum absolute atomic E-state index is 11.0. The number of aliphatic carboxylic acids is 1. The van der Waals surface area contributed by atoms with E-state index in [2.05, 4.69) is 4.98 Å². The Morgan fingerprint density at radius 2 is 2.27 bits per heavy atom. The Hall–Kier alpha value is -1.42. The minimum absolute atomic E-state index is 0.470. The highest BCUT2D eigenvalue weighted by Gasteiger charge is 2.21. The first kappa shape index (κ1) is 10.1. The van der Waals surface area contributed by atoms with Crippen molar-refractivity contribution in [2.24, 2.45) is 0 Å². The van der Waals surface area contributed by atoms with Crippen LogP contribution in [0.25, 0.3) is 10.2 Å². The zero-order chi connectivity index (χ0) is 10.8. The van der Waals surface area contributed by atoms with Crippen LogP contribution in [0.5, 0.6) is 0 Å². The van der Waals surface area contributed by atoms with E-state index in [1.165, 1.54) is 11.3 Å².